The van der Waals surface area contributed by atoms with Crippen LogP contribution in [0, 0.1) is 11.8 Å². The maximum absolute atomic E-state index is 12.3. The number of rotatable bonds is 12. The molecule has 0 amide bonds. The Balaban J connectivity index is 1.28. The molecule has 2 unspecified atom stereocenters. The molecule has 3 aliphatic rings. The van der Waals surface area contributed by atoms with Crippen molar-refractivity contribution in [2.24, 2.45) is 11.8 Å². The third-order valence-electron chi connectivity index (χ3n) is 10.3. The Labute approximate surface area is 287 Å². The number of hydrogen-bond donors (Lipinski definition) is 1. The van der Waals surface area contributed by atoms with Crippen LogP contribution in [0.15, 0.2) is 86.0 Å². The summed E-state index contributed by atoms with van der Waals surface area (Å²) in [6.07, 6.45) is 5.76. The molecule has 0 spiro atoms. The average Bonchev–Trinajstić information content (AvgIpc) is 3.15. The van der Waals surface area contributed by atoms with Gasteiger partial charge in [0.2, 0.25) is 5.88 Å². The van der Waals surface area contributed by atoms with Crippen molar-refractivity contribution < 1.29 is 24.1 Å². The Morgan fingerprint density at radius 1 is 0.918 bits per heavy atom. The predicted molar refractivity (Wildman–Crippen MR) is 194 cm³/mol. The zero-order chi connectivity index (χ0) is 34.1. The van der Waals surface area contributed by atoms with Crippen molar-refractivity contribution >= 4 is 27.9 Å². The highest BCUT2D eigenvalue weighted by atomic mass is 16.5. The summed E-state index contributed by atoms with van der Waals surface area (Å²) in [6, 6.07) is 21.8. The number of aromatic nitrogens is 2. The number of para-hydroxylation sites is 2. The molecular formula is C41H43N3O5. The summed E-state index contributed by atoms with van der Waals surface area (Å²) in [6.45, 7) is 10.4. The summed E-state index contributed by atoms with van der Waals surface area (Å²) in [7, 11) is 4.90. The second kappa shape index (κ2) is 13.9. The summed E-state index contributed by atoms with van der Waals surface area (Å²) >= 11 is 0. The molecule has 252 valence electrons. The maximum atomic E-state index is 12.3. The molecular weight excluding hydrogens is 614 g/mol. The van der Waals surface area contributed by atoms with Crippen molar-refractivity contribution in [3.05, 3.63) is 114 Å². The first-order valence-corrected chi connectivity index (χ1v) is 16.8. The molecule has 0 radical (unpaired) electrons. The highest BCUT2D eigenvalue weighted by Crippen LogP contribution is 2.44. The van der Waals surface area contributed by atoms with E-state index < -0.39 is 6.10 Å². The van der Waals surface area contributed by atoms with Gasteiger partial charge in [-0.15, -0.1) is 6.58 Å². The van der Waals surface area contributed by atoms with E-state index >= 15 is 0 Å². The topological polar surface area (TPSA) is 86.2 Å². The van der Waals surface area contributed by atoms with Crippen molar-refractivity contribution in [2.45, 2.75) is 38.0 Å². The lowest BCUT2D eigenvalue weighted by atomic mass is 9.73. The Hall–Kier alpha value is -4.92. The molecule has 5 heterocycles. The van der Waals surface area contributed by atoms with Crippen LogP contribution < -0.4 is 18.9 Å². The van der Waals surface area contributed by atoms with Gasteiger partial charge in [-0.05, 0) is 72.7 Å². The fourth-order valence-electron chi connectivity index (χ4n) is 7.90. The standard InChI is InChI=1S/C41H43N3O5/c1-6-25-23-44-18-17-26(25)20-35(44)40(45)32-22-29(42-34-15-16-36(46-3)30(7-2)39(32)34)19-28-21-38(43-33-13-9-8-12-31(28)33)49-24-27-11-10-14-37(47-4)41(27)48-5/h6-16,21-22,25-26,35,40,45H,1-2,17-20,23-24H2,3-5H3/t25-,26?,35-,40+/m0/s1. The smallest absolute Gasteiger partial charge is 0.214 e. The number of piperidine rings is 3. The summed E-state index contributed by atoms with van der Waals surface area (Å²) in [5, 5.41) is 14.2. The molecule has 3 aliphatic heterocycles. The third-order valence-corrected chi connectivity index (χ3v) is 10.3. The third kappa shape index (κ3) is 6.11. The van der Waals surface area contributed by atoms with E-state index in [0.29, 0.717) is 41.4 Å². The zero-order valence-electron chi connectivity index (χ0n) is 28.4. The van der Waals surface area contributed by atoms with Crippen LogP contribution in [0.5, 0.6) is 23.1 Å². The monoisotopic (exact) mass is 657 g/mol. The van der Waals surface area contributed by atoms with Crippen LogP contribution in [0.4, 0.5) is 0 Å². The van der Waals surface area contributed by atoms with Crippen LogP contribution in [0.1, 0.15) is 46.9 Å². The van der Waals surface area contributed by atoms with Crippen LogP contribution in [0.3, 0.4) is 0 Å². The molecule has 3 saturated heterocycles. The number of ether oxygens (including phenoxy) is 4. The SMILES string of the molecule is C=Cc1c(OC)ccc2nc(Cc3cc(OCc4cccc(OC)c4OC)nc4ccccc34)cc([C@@H](O)[C@@H]3CC4CCN3C[C@@H]4C=C)c12. The van der Waals surface area contributed by atoms with E-state index in [0.717, 1.165) is 75.7 Å². The van der Waals surface area contributed by atoms with Crippen LogP contribution in [0.2, 0.25) is 0 Å². The average molecular weight is 658 g/mol. The fraction of sp³-hybridized carbons (Fsp3) is 0.317. The van der Waals surface area contributed by atoms with E-state index in [2.05, 4.69) is 36.3 Å². The molecule has 5 atom stereocenters. The second-order valence-corrected chi connectivity index (χ2v) is 12.9. The lowest BCUT2D eigenvalue weighted by Crippen LogP contribution is -2.54. The summed E-state index contributed by atoms with van der Waals surface area (Å²) in [5.41, 5.74) is 6.04. The first-order valence-electron chi connectivity index (χ1n) is 16.8. The minimum atomic E-state index is -0.713. The molecule has 0 aliphatic carbocycles. The van der Waals surface area contributed by atoms with E-state index in [9.17, 15) is 5.11 Å². The van der Waals surface area contributed by atoms with Crippen LogP contribution in [-0.2, 0) is 13.0 Å². The van der Waals surface area contributed by atoms with Gasteiger partial charge in [0.25, 0.3) is 0 Å². The molecule has 3 fully saturated rings. The molecule has 3 aromatic carbocycles. The Morgan fingerprint density at radius 3 is 2.49 bits per heavy atom. The summed E-state index contributed by atoms with van der Waals surface area (Å²) in [4.78, 5) is 12.4. The molecule has 49 heavy (non-hydrogen) atoms. The van der Waals surface area contributed by atoms with Crippen LogP contribution in [0.25, 0.3) is 27.9 Å². The van der Waals surface area contributed by atoms with Gasteiger partial charge in [-0.1, -0.05) is 49.1 Å². The summed E-state index contributed by atoms with van der Waals surface area (Å²) in [5.74, 6) is 3.48. The molecule has 1 N–H and O–H groups in total. The van der Waals surface area contributed by atoms with Gasteiger partial charge in [0, 0.05) is 52.7 Å². The lowest BCUT2D eigenvalue weighted by molar-refractivity contribution is -0.0445. The molecule has 2 aromatic heterocycles. The van der Waals surface area contributed by atoms with Crippen LogP contribution in [-0.4, -0.2) is 60.4 Å². The number of benzene rings is 3. The van der Waals surface area contributed by atoms with Crippen molar-refractivity contribution in [3.63, 3.8) is 0 Å². The normalized spacial score (nSPS) is 20.6. The van der Waals surface area contributed by atoms with E-state index in [4.69, 9.17) is 28.9 Å². The Kier molecular flexibility index (Phi) is 9.25. The summed E-state index contributed by atoms with van der Waals surface area (Å²) < 4.78 is 23.1. The van der Waals surface area contributed by atoms with Gasteiger partial charge in [-0.25, -0.2) is 4.98 Å². The molecule has 2 bridgehead atoms. The van der Waals surface area contributed by atoms with Crippen molar-refractivity contribution in [1.82, 2.24) is 14.9 Å². The largest absolute Gasteiger partial charge is 0.496 e. The van der Waals surface area contributed by atoms with Gasteiger partial charge in [0.15, 0.2) is 11.5 Å². The quantitative estimate of drug-likeness (QED) is 0.138. The van der Waals surface area contributed by atoms with Gasteiger partial charge in [0.05, 0.1) is 38.5 Å². The Morgan fingerprint density at radius 2 is 1.76 bits per heavy atom. The molecule has 5 aromatic rings. The van der Waals surface area contributed by atoms with Gasteiger partial charge in [-0.3, -0.25) is 9.88 Å². The maximum Gasteiger partial charge on any atom is 0.214 e. The zero-order valence-corrected chi connectivity index (χ0v) is 28.4. The van der Waals surface area contributed by atoms with E-state index in [-0.39, 0.29) is 12.6 Å². The van der Waals surface area contributed by atoms with Gasteiger partial charge in [-0.2, -0.15) is 0 Å². The first-order chi connectivity index (χ1) is 24.0. The Bertz CT molecular complexity index is 2030. The molecule has 0 saturated carbocycles. The van der Waals surface area contributed by atoms with E-state index in [1.807, 2.05) is 54.6 Å². The number of aliphatic hydroxyl groups is 1. The fourth-order valence-corrected chi connectivity index (χ4v) is 7.90. The van der Waals surface area contributed by atoms with E-state index in [1.54, 1.807) is 27.4 Å². The van der Waals surface area contributed by atoms with Gasteiger partial charge >= 0.3 is 0 Å². The molecule has 8 heteroatoms. The number of nitrogens with zero attached hydrogens (tertiary/aromatic N) is 3. The van der Waals surface area contributed by atoms with Crippen molar-refractivity contribution in [1.29, 1.82) is 0 Å². The van der Waals surface area contributed by atoms with Gasteiger partial charge < -0.3 is 24.1 Å². The molecule has 8 rings (SSSR count). The lowest BCUT2D eigenvalue weighted by Gasteiger charge is -2.50. The van der Waals surface area contributed by atoms with E-state index in [1.165, 1.54) is 0 Å². The minimum absolute atomic E-state index is 0.00706. The predicted octanol–water partition coefficient (Wildman–Crippen LogP) is 7.55. The first kappa shape index (κ1) is 32.6. The number of fused-ring (bicyclic) bond motifs is 5. The van der Waals surface area contributed by atoms with Crippen molar-refractivity contribution in [3.8, 4) is 23.1 Å². The second-order valence-electron chi connectivity index (χ2n) is 12.9. The highest BCUT2D eigenvalue weighted by Gasteiger charge is 2.42. The number of pyridine rings is 2. The highest BCUT2D eigenvalue weighted by molar-refractivity contribution is 5.94. The number of methoxy groups -OCH3 is 3. The van der Waals surface area contributed by atoms with Crippen molar-refractivity contribution in [2.75, 3.05) is 34.4 Å². The number of hydrogen-bond acceptors (Lipinski definition) is 8. The number of aliphatic hydroxyl groups excluding tert-OH is 1. The van der Waals surface area contributed by atoms with Crippen LogP contribution >= 0.6 is 0 Å². The minimum Gasteiger partial charge on any atom is -0.496 e. The molecule has 8 nitrogen and oxygen atoms in total. The van der Waals surface area contributed by atoms with Gasteiger partial charge in [0.1, 0.15) is 12.4 Å².